The summed E-state index contributed by atoms with van der Waals surface area (Å²) in [5.41, 5.74) is 3.27. The van der Waals surface area contributed by atoms with Crippen molar-refractivity contribution >= 4 is 16.8 Å². The minimum atomic E-state index is -0.338. The summed E-state index contributed by atoms with van der Waals surface area (Å²) in [5, 5.41) is 3.72. The molecule has 0 bridgehead atoms. The fourth-order valence-electron chi connectivity index (χ4n) is 4.06. The Kier molecular flexibility index (Phi) is 4.94. The van der Waals surface area contributed by atoms with Crippen LogP contribution in [0.4, 0.5) is 4.39 Å². The number of H-pyrrole nitrogens is 1. The van der Waals surface area contributed by atoms with Crippen LogP contribution in [0.15, 0.2) is 48.5 Å². The lowest BCUT2D eigenvalue weighted by molar-refractivity contribution is 0.0939. The summed E-state index contributed by atoms with van der Waals surface area (Å²) in [5.74, 6) is -0.501. The molecule has 1 atom stereocenters. The Morgan fingerprint density at radius 3 is 2.67 bits per heavy atom. The van der Waals surface area contributed by atoms with Gasteiger partial charge in [-0.2, -0.15) is 0 Å². The van der Waals surface area contributed by atoms with Gasteiger partial charge in [0.1, 0.15) is 5.82 Å². The number of hydrogen-bond donors (Lipinski definition) is 2. The van der Waals surface area contributed by atoms with Crippen molar-refractivity contribution in [2.45, 2.75) is 25.8 Å². The Labute approximate surface area is 158 Å². The number of amides is 1. The van der Waals surface area contributed by atoms with E-state index < -0.39 is 0 Å². The predicted molar refractivity (Wildman–Crippen MR) is 105 cm³/mol. The zero-order valence-corrected chi connectivity index (χ0v) is 15.5. The SMILES string of the molecule is Cc1[nH]c2ccc(F)cc2c1C(=O)NCC(c1ccccc1)N1CCCC1. The van der Waals surface area contributed by atoms with Crippen LogP contribution < -0.4 is 5.32 Å². The summed E-state index contributed by atoms with van der Waals surface area (Å²) in [6.45, 7) is 4.48. The van der Waals surface area contributed by atoms with Crippen LogP contribution in [0.2, 0.25) is 0 Å². The van der Waals surface area contributed by atoms with Gasteiger partial charge in [0.2, 0.25) is 0 Å². The number of rotatable bonds is 5. The molecule has 3 aromatic rings. The number of nitrogens with one attached hydrogen (secondary N) is 2. The van der Waals surface area contributed by atoms with Crippen LogP contribution in [0.25, 0.3) is 10.9 Å². The number of benzene rings is 2. The van der Waals surface area contributed by atoms with E-state index in [0.717, 1.165) is 24.3 Å². The smallest absolute Gasteiger partial charge is 0.253 e. The second kappa shape index (κ2) is 7.53. The van der Waals surface area contributed by atoms with Crippen molar-refractivity contribution in [2.75, 3.05) is 19.6 Å². The number of aromatic amines is 1. The van der Waals surface area contributed by atoms with Crippen molar-refractivity contribution in [3.8, 4) is 0 Å². The normalized spacial score (nSPS) is 15.9. The maximum atomic E-state index is 13.7. The lowest BCUT2D eigenvalue weighted by atomic mass is 10.0. The van der Waals surface area contributed by atoms with E-state index in [1.165, 1.54) is 30.5 Å². The number of hydrogen-bond acceptors (Lipinski definition) is 2. The van der Waals surface area contributed by atoms with Gasteiger partial charge < -0.3 is 10.3 Å². The average Bonchev–Trinajstić information content (AvgIpc) is 3.30. The summed E-state index contributed by atoms with van der Waals surface area (Å²) in [4.78, 5) is 18.5. The van der Waals surface area contributed by atoms with E-state index >= 15 is 0 Å². The average molecular weight is 365 g/mol. The van der Waals surface area contributed by atoms with E-state index in [2.05, 4.69) is 27.3 Å². The first-order valence-corrected chi connectivity index (χ1v) is 9.48. The maximum absolute atomic E-state index is 13.7. The molecule has 0 saturated carbocycles. The largest absolute Gasteiger partial charge is 0.358 e. The molecule has 0 spiro atoms. The number of carbonyl (C=O) groups excluding carboxylic acids is 1. The first-order valence-electron chi connectivity index (χ1n) is 9.48. The topological polar surface area (TPSA) is 48.1 Å². The van der Waals surface area contributed by atoms with Crippen molar-refractivity contribution in [3.63, 3.8) is 0 Å². The van der Waals surface area contributed by atoms with Gasteiger partial charge in [0.05, 0.1) is 11.6 Å². The van der Waals surface area contributed by atoms with Crippen molar-refractivity contribution in [1.82, 2.24) is 15.2 Å². The van der Waals surface area contributed by atoms with Gasteiger partial charge in [-0.05, 0) is 56.6 Å². The molecule has 1 aromatic heterocycles. The molecule has 1 aliphatic rings. The first-order chi connectivity index (χ1) is 13.1. The standard InChI is InChI=1S/C22H24FN3O/c1-15-21(18-13-17(23)9-10-19(18)25-15)22(27)24-14-20(26-11-5-6-12-26)16-7-3-2-4-8-16/h2-4,7-10,13,20,25H,5-6,11-12,14H2,1H3,(H,24,27). The van der Waals surface area contributed by atoms with Crippen LogP contribution in [0.1, 0.15) is 40.5 Å². The Morgan fingerprint density at radius 2 is 1.93 bits per heavy atom. The van der Waals surface area contributed by atoms with E-state index in [9.17, 15) is 9.18 Å². The van der Waals surface area contributed by atoms with Crippen LogP contribution in [0, 0.1) is 12.7 Å². The number of likely N-dealkylation sites (tertiary alicyclic amines) is 1. The highest BCUT2D eigenvalue weighted by atomic mass is 19.1. The third-order valence-corrected chi connectivity index (χ3v) is 5.40. The lowest BCUT2D eigenvalue weighted by Crippen LogP contribution is -2.37. The second-order valence-electron chi connectivity index (χ2n) is 7.19. The monoisotopic (exact) mass is 365 g/mol. The fraction of sp³-hybridized carbons (Fsp3) is 0.318. The number of fused-ring (bicyclic) bond motifs is 1. The molecule has 4 nitrogen and oxygen atoms in total. The van der Waals surface area contributed by atoms with Crippen molar-refractivity contribution in [1.29, 1.82) is 0 Å². The zero-order chi connectivity index (χ0) is 18.8. The van der Waals surface area contributed by atoms with Crippen LogP contribution in [-0.4, -0.2) is 35.4 Å². The molecule has 0 aliphatic carbocycles. The Morgan fingerprint density at radius 1 is 1.19 bits per heavy atom. The minimum Gasteiger partial charge on any atom is -0.358 e. The van der Waals surface area contributed by atoms with Crippen molar-refractivity contribution in [3.05, 3.63) is 71.2 Å². The number of nitrogens with zero attached hydrogens (tertiary/aromatic N) is 1. The molecule has 1 amide bonds. The summed E-state index contributed by atoms with van der Waals surface area (Å²) < 4.78 is 13.7. The van der Waals surface area contributed by atoms with Gasteiger partial charge in [0, 0.05) is 23.1 Å². The molecule has 2 aromatic carbocycles. The third-order valence-electron chi connectivity index (χ3n) is 5.40. The highest BCUT2D eigenvalue weighted by molar-refractivity contribution is 6.08. The molecule has 1 unspecified atom stereocenters. The molecule has 2 N–H and O–H groups in total. The molecule has 140 valence electrons. The summed E-state index contributed by atoms with van der Waals surface area (Å²) in [6.07, 6.45) is 2.39. The van der Waals surface area contributed by atoms with E-state index in [1.54, 1.807) is 6.07 Å². The first kappa shape index (κ1) is 17.7. The highest BCUT2D eigenvalue weighted by Crippen LogP contribution is 2.26. The Hall–Kier alpha value is -2.66. The van der Waals surface area contributed by atoms with Gasteiger partial charge in [-0.3, -0.25) is 9.69 Å². The van der Waals surface area contributed by atoms with Gasteiger partial charge in [-0.25, -0.2) is 4.39 Å². The van der Waals surface area contributed by atoms with E-state index in [-0.39, 0.29) is 17.8 Å². The van der Waals surface area contributed by atoms with Crippen LogP contribution >= 0.6 is 0 Å². The Balaban J connectivity index is 1.57. The van der Waals surface area contributed by atoms with Crippen LogP contribution in [-0.2, 0) is 0 Å². The van der Waals surface area contributed by atoms with Gasteiger partial charge in [-0.1, -0.05) is 30.3 Å². The highest BCUT2D eigenvalue weighted by Gasteiger charge is 2.25. The van der Waals surface area contributed by atoms with Gasteiger partial charge >= 0.3 is 0 Å². The van der Waals surface area contributed by atoms with Crippen molar-refractivity contribution < 1.29 is 9.18 Å². The molecule has 1 saturated heterocycles. The number of aryl methyl sites for hydroxylation is 1. The zero-order valence-electron chi connectivity index (χ0n) is 15.5. The molecule has 4 rings (SSSR count). The fourth-order valence-corrected chi connectivity index (χ4v) is 4.06. The summed E-state index contributed by atoms with van der Waals surface area (Å²) >= 11 is 0. The predicted octanol–water partition coefficient (Wildman–Crippen LogP) is 4.18. The lowest BCUT2D eigenvalue weighted by Gasteiger charge is -2.28. The Bertz CT molecular complexity index is 945. The number of halogens is 1. The number of aromatic nitrogens is 1. The second-order valence-corrected chi connectivity index (χ2v) is 7.19. The quantitative estimate of drug-likeness (QED) is 0.712. The molecule has 1 fully saturated rings. The number of carbonyl (C=O) groups is 1. The molecular weight excluding hydrogens is 341 g/mol. The van der Waals surface area contributed by atoms with Gasteiger partial charge in [-0.15, -0.1) is 0 Å². The molecule has 0 radical (unpaired) electrons. The molecule has 1 aliphatic heterocycles. The van der Waals surface area contributed by atoms with Crippen molar-refractivity contribution in [2.24, 2.45) is 0 Å². The van der Waals surface area contributed by atoms with Gasteiger partial charge in [0.15, 0.2) is 0 Å². The summed E-state index contributed by atoms with van der Waals surface area (Å²) in [6, 6.07) is 14.9. The molecule has 5 heteroatoms. The maximum Gasteiger partial charge on any atom is 0.253 e. The molecule has 2 heterocycles. The molecular formula is C22H24FN3O. The van der Waals surface area contributed by atoms with Gasteiger partial charge in [0.25, 0.3) is 5.91 Å². The molecule has 27 heavy (non-hydrogen) atoms. The minimum absolute atomic E-state index is 0.153. The van der Waals surface area contributed by atoms with E-state index in [4.69, 9.17) is 0 Å². The van der Waals surface area contributed by atoms with E-state index in [1.807, 2.05) is 25.1 Å². The third kappa shape index (κ3) is 3.60. The van der Waals surface area contributed by atoms with Crippen LogP contribution in [0.3, 0.4) is 0 Å². The summed E-state index contributed by atoms with van der Waals surface area (Å²) in [7, 11) is 0. The van der Waals surface area contributed by atoms with E-state index in [0.29, 0.717) is 17.5 Å². The van der Waals surface area contributed by atoms with Crippen LogP contribution in [0.5, 0.6) is 0 Å².